The Labute approximate surface area is 122 Å². The fourth-order valence-electron chi connectivity index (χ4n) is 2.20. The Bertz CT molecular complexity index is 710. The highest BCUT2D eigenvalue weighted by molar-refractivity contribution is 5.49. The van der Waals surface area contributed by atoms with E-state index in [2.05, 4.69) is 20.5 Å². The topological polar surface area (TPSA) is 53.6 Å². The van der Waals surface area contributed by atoms with Gasteiger partial charge in [0.15, 0.2) is 5.82 Å². The van der Waals surface area contributed by atoms with Crippen molar-refractivity contribution in [3.8, 4) is 0 Å². The van der Waals surface area contributed by atoms with Gasteiger partial charge in [-0.05, 0) is 30.2 Å². The molecule has 3 rings (SSSR count). The van der Waals surface area contributed by atoms with Crippen molar-refractivity contribution in [3.05, 3.63) is 77.6 Å². The largest absolute Gasteiger partial charge is 0.369 e. The number of nitrogens with zero attached hydrogens (tertiary/aromatic N) is 2. The van der Waals surface area contributed by atoms with Crippen LogP contribution in [0.4, 0.5) is 10.1 Å². The fourth-order valence-corrected chi connectivity index (χ4v) is 2.20. The molecule has 0 fully saturated rings. The van der Waals surface area contributed by atoms with E-state index in [-0.39, 0.29) is 11.9 Å². The summed E-state index contributed by atoms with van der Waals surface area (Å²) in [6, 6.07) is 14.6. The minimum Gasteiger partial charge on any atom is -0.369 e. The molecule has 5 heteroatoms. The third-order valence-electron chi connectivity index (χ3n) is 3.26. The Balaban J connectivity index is 1.97. The van der Waals surface area contributed by atoms with Gasteiger partial charge in [0.1, 0.15) is 18.2 Å². The van der Waals surface area contributed by atoms with Crippen LogP contribution in [0.1, 0.15) is 23.0 Å². The zero-order valence-electron chi connectivity index (χ0n) is 11.5. The molecule has 0 saturated carbocycles. The monoisotopic (exact) mass is 282 g/mol. The molecule has 1 aromatic heterocycles. The van der Waals surface area contributed by atoms with Gasteiger partial charge in [-0.25, -0.2) is 9.37 Å². The minimum atomic E-state index is -0.286. The zero-order chi connectivity index (χ0) is 14.7. The minimum absolute atomic E-state index is 0.282. The molecule has 0 amide bonds. The van der Waals surface area contributed by atoms with Crippen LogP contribution in [0.2, 0.25) is 0 Å². The van der Waals surface area contributed by atoms with E-state index in [1.54, 1.807) is 6.07 Å². The first-order valence-electron chi connectivity index (χ1n) is 6.67. The van der Waals surface area contributed by atoms with Crippen LogP contribution in [0.15, 0.2) is 54.9 Å². The number of rotatable bonds is 4. The molecule has 1 atom stereocenters. The van der Waals surface area contributed by atoms with Crippen LogP contribution < -0.4 is 5.32 Å². The fraction of sp³-hybridized carbons (Fsp3) is 0.125. The van der Waals surface area contributed by atoms with Crippen molar-refractivity contribution in [1.29, 1.82) is 0 Å². The lowest BCUT2D eigenvalue weighted by Crippen LogP contribution is -2.15. The molecule has 2 N–H and O–H groups in total. The maximum atomic E-state index is 14.1. The van der Waals surface area contributed by atoms with E-state index in [0.29, 0.717) is 11.5 Å². The quantitative estimate of drug-likeness (QED) is 0.770. The van der Waals surface area contributed by atoms with Gasteiger partial charge in [0.25, 0.3) is 0 Å². The number of halogens is 1. The lowest BCUT2D eigenvalue weighted by atomic mass is 10.1. The second-order valence-electron chi connectivity index (χ2n) is 4.84. The van der Waals surface area contributed by atoms with Crippen molar-refractivity contribution >= 4 is 5.69 Å². The van der Waals surface area contributed by atoms with Gasteiger partial charge in [-0.1, -0.05) is 36.4 Å². The molecular formula is C16H15FN4. The number of benzene rings is 2. The Morgan fingerprint density at radius 1 is 1.14 bits per heavy atom. The van der Waals surface area contributed by atoms with E-state index < -0.39 is 0 Å². The van der Waals surface area contributed by atoms with E-state index in [1.165, 1.54) is 12.4 Å². The number of nitrogens with one attached hydrogen (secondary N) is 2. The van der Waals surface area contributed by atoms with Crippen molar-refractivity contribution in [2.45, 2.75) is 13.0 Å². The van der Waals surface area contributed by atoms with E-state index in [4.69, 9.17) is 0 Å². The van der Waals surface area contributed by atoms with Crippen molar-refractivity contribution in [3.63, 3.8) is 0 Å². The molecular weight excluding hydrogens is 267 g/mol. The second kappa shape index (κ2) is 5.75. The summed E-state index contributed by atoms with van der Waals surface area (Å²) in [4.78, 5) is 4.18. The van der Waals surface area contributed by atoms with Crippen LogP contribution in [0, 0.1) is 12.7 Å². The first-order valence-corrected chi connectivity index (χ1v) is 6.67. The van der Waals surface area contributed by atoms with Crippen molar-refractivity contribution in [2.24, 2.45) is 0 Å². The molecule has 3 aromatic rings. The van der Waals surface area contributed by atoms with Gasteiger partial charge < -0.3 is 5.32 Å². The Morgan fingerprint density at radius 2 is 1.95 bits per heavy atom. The van der Waals surface area contributed by atoms with Crippen LogP contribution in [-0.4, -0.2) is 15.2 Å². The predicted octanol–water partition coefficient (Wildman–Crippen LogP) is 3.45. The van der Waals surface area contributed by atoms with Crippen molar-refractivity contribution in [2.75, 3.05) is 5.32 Å². The van der Waals surface area contributed by atoms with Gasteiger partial charge in [-0.2, -0.15) is 5.10 Å². The highest BCUT2D eigenvalue weighted by Crippen LogP contribution is 2.26. The molecule has 1 heterocycles. The van der Waals surface area contributed by atoms with Crippen molar-refractivity contribution in [1.82, 2.24) is 15.2 Å². The summed E-state index contributed by atoms with van der Waals surface area (Å²) in [5, 5.41) is 9.90. The summed E-state index contributed by atoms with van der Waals surface area (Å²) >= 11 is 0. The van der Waals surface area contributed by atoms with E-state index in [0.717, 1.165) is 11.1 Å². The molecule has 1 unspecified atom stereocenters. The van der Waals surface area contributed by atoms with Crippen molar-refractivity contribution < 1.29 is 4.39 Å². The molecule has 0 saturated heterocycles. The second-order valence-corrected chi connectivity index (χ2v) is 4.84. The van der Waals surface area contributed by atoms with Crippen LogP contribution in [-0.2, 0) is 0 Å². The normalized spacial score (nSPS) is 12.1. The first-order chi connectivity index (χ1) is 10.2. The lowest BCUT2D eigenvalue weighted by Gasteiger charge is -2.18. The molecule has 0 aliphatic heterocycles. The average Bonchev–Trinajstić information content (AvgIpc) is 3.01. The number of aromatic nitrogens is 3. The number of aryl methyl sites for hydroxylation is 1. The molecule has 2 aromatic carbocycles. The average molecular weight is 282 g/mol. The maximum absolute atomic E-state index is 14.1. The van der Waals surface area contributed by atoms with E-state index in [1.807, 2.05) is 43.3 Å². The summed E-state index contributed by atoms with van der Waals surface area (Å²) in [6.07, 6.45) is 1.44. The van der Waals surface area contributed by atoms with Gasteiger partial charge in [0.05, 0.1) is 5.69 Å². The SMILES string of the molecule is Cc1ccc(NC(c2ccccc2)c2ncn[nH]2)c(F)c1. The number of H-pyrrole nitrogens is 1. The molecule has 4 nitrogen and oxygen atoms in total. The highest BCUT2D eigenvalue weighted by atomic mass is 19.1. The number of hydrogen-bond donors (Lipinski definition) is 2. The molecule has 0 aliphatic carbocycles. The maximum Gasteiger partial charge on any atom is 0.151 e. The van der Waals surface area contributed by atoms with E-state index >= 15 is 0 Å². The van der Waals surface area contributed by atoms with E-state index in [9.17, 15) is 4.39 Å². The summed E-state index contributed by atoms with van der Waals surface area (Å²) < 4.78 is 14.1. The molecule has 0 spiro atoms. The van der Waals surface area contributed by atoms with Gasteiger partial charge in [0.2, 0.25) is 0 Å². The van der Waals surface area contributed by atoms with Crippen LogP contribution in [0.5, 0.6) is 0 Å². The van der Waals surface area contributed by atoms with Crippen LogP contribution >= 0.6 is 0 Å². The number of hydrogen-bond acceptors (Lipinski definition) is 3. The predicted molar refractivity (Wildman–Crippen MR) is 79.4 cm³/mol. The standard InChI is InChI=1S/C16H15FN4/c1-11-7-8-14(13(17)9-11)20-15(16-18-10-19-21-16)12-5-3-2-4-6-12/h2-10,15,20H,1H3,(H,18,19,21). The Hall–Kier alpha value is -2.69. The molecule has 21 heavy (non-hydrogen) atoms. The van der Waals surface area contributed by atoms with Gasteiger partial charge in [-0.15, -0.1) is 0 Å². The highest BCUT2D eigenvalue weighted by Gasteiger charge is 2.18. The molecule has 0 aliphatic rings. The first kappa shape index (κ1) is 13.3. The summed E-state index contributed by atoms with van der Waals surface area (Å²) in [7, 11) is 0. The number of anilines is 1. The van der Waals surface area contributed by atoms with Crippen LogP contribution in [0.25, 0.3) is 0 Å². The lowest BCUT2D eigenvalue weighted by molar-refractivity contribution is 0.626. The third-order valence-corrected chi connectivity index (χ3v) is 3.26. The molecule has 0 radical (unpaired) electrons. The smallest absolute Gasteiger partial charge is 0.151 e. The van der Waals surface area contributed by atoms with Gasteiger partial charge in [-0.3, -0.25) is 5.10 Å². The van der Waals surface area contributed by atoms with Crippen LogP contribution in [0.3, 0.4) is 0 Å². The summed E-state index contributed by atoms with van der Waals surface area (Å²) in [5.41, 5.74) is 2.30. The third kappa shape index (κ3) is 2.91. The molecule has 106 valence electrons. The zero-order valence-corrected chi connectivity index (χ0v) is 11.5. The van der Waals surface area contributed by atoms with Gasteiger partial charge >= 0.3 is 0 Å². The summed E-state index contributed by atoms with van der Waals surface area (Å²) in [6.45, 7) is 1.86. The Morgan fingerprint density at radius 3 is 2.62 bits per heavy atom. The Kier molecular flexibility index (Phi) is 3.64. The number of aromatic amines is 1. The van der Waals surface area contributed by atoms with Gasteiger partial charge in [0, 0.05) is 0 Å². The molecule has 0 bridgehead atoms. The summed E-state index contributed by atoms with van der Waals surface area (Å²) in [5.74, 6) is 0.358.